The molecule has 4 bridgehead atoms. The van der Waals surface area contributed by atoms with Gasteiger partial charge in [-0.25, -0.2) is 0 Å². The van der Waals surface area contributed by atoms with E-state index in [4.69, 9.17) is 5.73 Å². The van der Waals surface area contributed by atoms with E-state index in [0.29, 0.717) is 16.7 Å². The van der Waals surface area contributed by atoms with Crippen LogP contribution in [0.15, 0.2) is 0 Å². The average Bonchev–Trinajstić information content (AvgIpc) is 2.30. The van der Waals surface area contributed by atoms with Gasteiger partial charge < -0.3 is 10.6 Å². The molecule has 0 radical (unpaired) electrons. The molecular formula is C18H32N2O. The number of rotatable bonds is 4. The summed E-state index contributed by atoms with van der Waals surface area (Å²) in [6.07, 6.45) is 8.30. The molecule has 4 saturated carbocycles. The highest BCUT2D eigenvalue weighted by molar-refractivity contribution is 5.83. The molecule has 4 rings (SSSR count). The van der Waals surface area contributed by atoms with Gasteiger partial charge in [0.1, 0.15) is 0 Å². The van der Waals surface area contributed by atoms with Gasteiger partial charge in [-0.15, -0.1) is 0 Å². The summed E-state index contributed by atoms with van der Waals surface area (Å²) >= 11 is 0. The lowest BCUT2D eigenvalue weighted by Crippen LogP contribution is -2.60. The predicted octanol–water partition coefficient (Wildman–Crippen LogP) is 3.18. The van der Waals surface area contributed by atoms with Crippen LogP contribution in [0.2, 0.25) is 0 Å². The Morgan fingerprint density at radius 1 is 1.19 bits per heavy atom. The van der Waals surface area contributed by atoms with Gasteiger partial charge in [-0.3, -0.25) is 4.79 Å². The number of nitrogens with two attached hydrogens (primary N) is 1. The second-order valence-corrected chi connectivity index (χ2v) is 9.40. The van der Waals surface area contributed by atoms with Gasteiger partial charge in [-0.1, -0.05) is 13.8 Å². The van der Waals surface area contributed by atoms with E-state index in [-0.39, 0.29) is 11.5 Å². The lowest BCUT2D eigenvalue weighted by molar-refractivity contribution is -0.178. The van der Waals surface area contributed by atoms with Crippen LogP contribution in [0.3, 0.4) is 0 Å². The number of carbonyl (C=O) groups excluding carboxylic acids is 1. The Labute approximate surface area is 129 Å². The van der Waals surface area contributed by atoms with Crippen molar-refractivity contribution in [2.24, 2.45) is 27.9 Å². The van der Waals surface area contributed by atoms with E-state index in [0.717, 1.165) is 38.1 Å². The number of hydrogen-bond acceptors (Lipinski definition) is 2. The first-order chi connectivity index (χ1) is 9.65. The Morgan fingerprint density at radius 3 is 2.24 bits per heavy atom. The summed E-state index contributed by atoms with van der Waals surface area (Å²) in [4.78, 5) is 15.2. The van der Waals surface area contributed by atoms with Gasteiger partial charge in [0.25, 0.3) is 0 Å². The minimum Gasteiger partial charge on any atom is -0.345 e. The van der Waals surface area contributed by atoms with Crippen LogP contribution in [-0.2, 0) is 4.79 Å². The summed E-state index contributed by atoms with van der Waals surface area (Å²) in [5.41, 5.74) is 6.61. The zero-order valence-corrected chi connectivity index (χ0v) is 14.2. The predicted molar refractivity (Wildman–Crippen MR) is 85.7 cm³/mol. The van der Waals surface area contributed by atoms with Crippen LogP contribution in [0.4, 0.5) is 0 Å². The fourth-order valence-electron chi connectivity index (χ4n) is 6.59. The fraction of sp³-hybridized carbons (Fsp3) is 0.944. The van der Waals surface area contributed by atoms with E-state index in [9.17, 15) is 4.79 Å². The second kappa shape index (κ2) is 4.71. The Bertz CT molecular complexity index is 426. The third kappa shape index (κ3) is 2.62. The van der Waals surface area contributed by atoms with Crippen LogP contribution in [-0.4, -0.2) is 30.4 Å². The number of amides is 1. The van der Waals surface area contributed by atoms with Gasteiger partial charge in [-0.2, -0.15) is 0 Å². The monoisotopic (exact) mass is 292 g/mol. The molecule has 3 nitrogen and oxygen atoms in total. The highest BCUT2D eigenvalue weighted by atomic mass is 16.2. The summed E-state index contributed by atoms with van der Waals surface area (Å²) < 4.78 is 0. The maximum Gasteiger partial charge on any atom is 0.228 e. The molecule has 0 aliphatic heterocycles. The fourth-order valence-corrected chi connectivity index (χ4v) is 6.59. The second-order valence-electron chi connectivity index (χ2n) is 9.40. The van der Waals surface area contributed by atoms with Crippen LogP contribution in [0.25, 0.3) is 0 Å². The molecule has 0 aromatic heterocycles. The van der Waals surface area contributed by atoms with Crippen LogP contribution in [0.5, 0.6) is 0 Å². The summed E-state index contributed by atoms with van der Waals surface area (Å²) in [5.74, 6) is 1.19. The van der Waals surface area contributed by atoms with E-state index in [1.807, 2.05) is 18.9 Å². The molecular weight excluding hydrogens is 260 g/mol. The van der Waals surface area contributed by atoms with Crippen molar-refractivity contribution in [3.05, 3.63) is 0 Å². The molecule has 3 atom stereocenters. The van der Waals surface area contributed by atoms with Crippen LogP contribution >= 0.6 is 0 Å². The molecule has 3 unspecified atom stereocenters. The van der Waals surface area contributed by atoms with Crippen molar-refractivity contribution in [2.75, 3.05) is 13.6 Å². The normalized spacial score (nSPS) is 45.7. The summed E-state index contributed by atoms with van der Waals surface area (Å²) in [5, 5.41) is 0. The van der Waals surface area contributed by atoms with Crippen molar-refractivity contribution in [3.63, 3.8) is 0 Å². The lowest BCUT2D eigenvalue weighted by Gasteiger charge is -2.65. The van der Waals surface area contributed by atoms with Gasteiger partial charge in [0.2, 0.25) is 5.91 Å². The van der Waals surface area contributed by atoms with E-state index in [2.05, 4.69) is 13.8 Å². The minimum atomic E-state index is -0.0600. The Hall–Kier alpha value is -0.570. The molecule has 0 spiro atoms. The Morgan fingerprint density at radius 2 is 1.76 bits per heavy atom. The minimum absolute atomic E-state index is 0.0600. The first-order valence-corrected chi connectivity index (χ1v) is 8.67. The summed E-state index contributed by atoms with van der Waals surface area (Å²) in [6, 6.07) is 0.173. The van der Waals surface area contributed by atoms with Gasteiger partial charge in [0, 0.05) is 19.6 Å². The molecule has 4 aliphatic carbocycles. The smallest absolute Gasteiger partial charge is 0.228 e. The standard InChI is InChI=1S/C18H32N2O/c1-13(19)5-6-20(4)15(21)18-9-14-7-16(2,11-18)10-17(3,8-14)12-18/h13-14H,5-12,19H2,1-4H3. The van der Waals surface area contributed by atoms with E-state index < -0.39 is 0 Å². The van der Waals surface area contributed by atoms with Crippen molar-refractivity contribution in [2.45, 2.75) is 71.8 Å². The zero-order valence-electron chi connectivity index (χ0n) is 14.2. The van der Waals surface area contributed by atoms with E-state index >= 15 is 0 Å². The summed E-state index contributed by atoms with van der Waals surface area (Å²) in [6.45, 7) is 7.68. The van der Waals surface area contributed by atoms with E-state index in [1.54, 1.807) is 0 Å². The topological polar surface area (TPSA) is 46.3 Å². The van der Waals surface area contributed by atoms with Gasteiger partial charge in [0.15, 0.2) is 0 Å². The first-order valence-electron chi connectivity index (χ1n) is 8.67. The van der Waals surface area contributed by atoms with Crippen LogP contribution < -0.4 is 5.73 Å². The molecule has 2 N–H and O–H groups in total. The molecule has 1 amide bonds. The molecule has 0 saturated heterocycles. The largest absolute Gasteiger partial charge is 0.345 e. The molecule has 4 fully saturated rings. The Kier molecular flexibility index (Phi) is 3.44. The molecule has 0 heterocycles. The Balaban J connectivity index is 1.79. The van der Waals surface area contributed by atoms with Crippen molar-refractivity contribution < 1.29 is 4.79 Å². The quantitative estimate of drug-likeness (QED) is 0.865. The van der Waals surface area contributed by atoms with Crippen LogP contribution in [0.1, 0.15) is 65.7 Å². The van der Waals surface area contributed by atoms with Gasteiger partial charge in [-0.05, 0) is 68.6 Å². The molecule has 3 heteroatoms. The lowest BCUT2D eigenvalue weighted by atomic mass is 9.40. The molecule has 120 valence electrons. The number of hydrogen-bond donors (Lipinski definition) is 1. The average molecular weight is 292 g/mol. The molecule has 0 aromatic carbocycles. The highest BCUT2D eigenvalue weighted by Crippen LogP contribution is 2.69. The zero-order chi connectivity index (χ0) is 15.5. The maximum atomic E-state index is 13.2. The number of nitrogens with zero attached hydrogens (tertiary/aromatic N) is 1. The number of carbonyl (C=O) groups is 1. The van der Waals surface area contributed by atoms with Crippen molar-refractivity contribution in [1.82, 2.24) is 4.90 Å². The van der Waals surface area contributed by atoms with E-state index in [1.165, 1.54) is 19.3 Å². The SMILES string of the molecule is CC(N)CCN(C)C(=O)C12CC3CC(C)(CC(C)(C3)C1)C2. The molecule has 4 aliphatic rings. The van der Waals surface area contributed by atoms with Gasteiger partial charge >= 0.3 is 0 Å². The van der Waals surface area contributed by atoms with Crippen molar-refractivity contribution >= 4 is 5.91 Å². The first kappa shape index (κ1) is 15.3. The van der Waals surface area contributed by atoms with Crippen molar-refractivity contribution in [1.29, 1.82) is 0 Å². The summed E-state index contributed by atoms with van der Waals surface area (Å²) in [7, 11) is 1.98. The maximum absolute atomic E-state index is 13.2. The van der Waals surface area contributed by atoms with Crippen molar-refractivity contribution in [3.8, 4) is 0 Å². The molecule has 0 aromatic rings. The third-order valence-corrected chi connectivity index (χ3v) is 6.35. The molecule has 21 heavy (non-hydrogen) atoms. The van der Waals surface area contributed by atoms with Crippen LogP contribution in [0, 0.1) is 22.2 Å². The highest BCUT2D eigenvalue weighted by Gasteiger charge is 2.63. The van der Waals surface area contributed by atoms with Gasteiger partial charge in [0.05, 0.1) is 5.41 Å². The third-order valence-electron chi connectivity index (χ3n) is 6.35.